The number of aryl methyl sites for hydroxylation is 1. The lowest BCUT2D eigenvalue weighted by atomic mass is 10.1. The van der Waals surface area contributed by atoms with Gasteiger partial charge in [-0.1, -0.05) is 46.0 Å². The second-order valence-corrected chi connectivity index (χ2v) is 4.80. The van der Waals surface area contributed by atoms with E-state index in [-0.39, 0.29) is 6.04 Å². The molecule has 1 aromatic rings. The Balaban J connectivity index is 2.23. The molecule has 0 saturated heterocycles. The molecule has 0 spiro atoms. The molecule has 0 aliphatic carbocycles. The Kier molecular flexibility index (Phi) is 7.65. The highest BCUT2D eigenvalue weighted by molar-refractivity contribution is 4.89. The molecule has 1 atom stereocenters. The van der Waals surface area contributed by atoms with Crippen molar-refractivity contribution < 1.29 is 4.42 Å². The molecule has 1 unspecified atom stereocenters. The summed E-state index contributed by atoms with van der Waals surface area (Å²) in [6, 6.07) is 0.191. The van der Waals surface area contributed by atoms with E-state index < -0.39 is 0 Å². The van der Waals surface area contributed by atoms with E-state index in [1.807, 2.05) is 7.05 Å². The van der Waals surface area contributed by atoms with Crippen LogP contribution in [-0.2, 0) is 6.42 Å². The Bertz CT molecular complexity index is 308. The van der Waals surface area contributed by atoms with Crippen molar-refractivity contribution >= 4 is 0 Å². The van der Waals surface area contributed by atoms with E-state index in [1.54, 1.807) is 0 Å². The Morgan fingerprint density at radius 2 is 1.78 bits per heavy atom. The van der Waals surface area contributed by atoms with Crippen molar-refractivity contribution in [2.24, 2.45) is 0 Å². The molecule has 0 radical (unpaired) electrons. The summed E-state index contributed by atoms with van der Waals surface area (Å²) in [6.07, 6.45) is 9.63. The molecule has 0 amide bonds. The molecule has 4 nitrogen and oxygen atoms in total. The number of hydrogen-bond acceptors (Lipinski definition) is 4. The van der Waals surface area contributed by atoms with Crippen LogP contribution in [0, 0.1) is 0 Å². The van der Waals surface area contributed by atoms with Crippen molar-refractivity contribution in [2.45, 2.75) is 71.3 Å². The number of hydrogen-bond donors (Lipinski definition) is 1. The lowest BCUT2D eigenvalue weighted by Crippen LogP contribution is -2.15. The monoisotopic (exact) mass is 253 g/mol. The summed E-state index contributed by atoms with van der Waals surface area (Å²) in [6.45, 7) is 4.35. The quantitative estimate of drug-likeness (QED) is 0.647. The van der Waals surface area contributed by atoms with Crippen LogP contribution >= 0.6 is 0 Å². The van der Waals surface area contributed by atoms with Gasteiger partial charge in [0.25, 0.3) is 0 Å². The highest BCUT2D eigenvalue weighted by Crippen LogP contribution is 2.15. The molecule has 104 valence electrons. The van der Waals surface area contributed by atoms with Crippen molar-refractivity contribution in [3.8, 4) is 0 Å². The number of nitrogens with zero attached hydrogens (tertiary/aromatic N) is 2. The lowest BCUT2D eigenvalue weighted by molar-refractivity contribution is 0.382. The van der Waals surface area contributed by atoms with E-state index in [0.717, 1.165) is 31.0 Å². The maximum Gasteiger partial charge on any atom is 0.233 e. The summed E-state index contributed by atoms with van der Waals surface area (Å²) in [5.41, 5.74) is 0. The van der Waals surface area contributed by atoms with Gasteiger partial charge in [0.2, 0.25) is 11.8 Å². The molecule has 0 fully saturated rings. The van der Waals surface area contributed by atoms with Gasteiger partial charge in [-0.3, -0.25) is 0 Å². The second-order valence-electron chi connectivity index (χ2n) is 4.80. The van der Waals surface area contributed by atoms with E-state index in [0.29, 0.717) is 0 Å². The minimum atomic E-state index is 0.191. The van der Waals surface area contributed by atoms with E-state index in [1.165, 1.54) is 32.1 Å². The molecule has 1 rings (SSSR count). The van der Waals surface area contributed by atoms with Gasteiger partial charge in [-0.05, 0) is 19.9 Å². The third-order valence-corrected chi connectivity index (χ3v) is 3.28. The van der Waals surface area contributed by atoms with Crippen LogP contribution in [0.2, 0.25) is 0 Å². The number of nitrogens with one attached hydrogen (secondary N) is 1. The van der Waals surface area contributed by atoms with Gasteiger partial charge in [0, 0.05) is 6.42 Å². The van der Waals surface area contributed by atoms with Crippen LogP contribution in [0.15, 0.2) is 4.42 Å². The van der Waals surface area contributed by atoms with Crippen LogP contribution in [0.4, 0.5) is 0 Å². The fourth-order valence-corrected chi connectivity index (χ4v) is 2.07. The molecule has 0 aliphatic rings. The molecule has 0 saturated carbocycles. The first-order valence-corrected chi connectivity index (χ1v) is 7.31. The van der Waals surface area contributed by atoms with Gasteiger partial charge in [0.15, 0.2) is 0 Å². The molecule has 4 heteroatoms. The Labute approximate surface area is 111 Å². The van der Waals surface area contributed by atoms with Crippen LogP contribution < -0.4 is 5.32 Å². The molecule has 0 bridgehead atoms. The van der Waals surface area contributed by atoms with E-state index >= 15 is 0 Å². The molecule has 1 N–H and O–H groups in total. The molecule has 1 aromatic heterocycles. The average molecular weight is 253 g/mol. The summed E-state index contributed by atoms with van der Waals surface area (Å²) in [4.78, 5) is 0. The van der Waals surface area contributed by atoms with E-state index in [2.05, 4.69) is 29.4 Å². The van der Waals surface area contributed by atoms with Crippen molar-refractivity contribution in [3.63, 3.8) is 0 Å². The smallest absolute Gasteiger partial charge is 0.233 e. The third kappa shape index (κ3) is 5.17. The number of aromatic nitrogens is 2. The summed E-state index contributed by atoms with van der Waals surface area (Å²) < 4.78 is 5.67. The standard InChI is InChI=1S/C14H27N3O/c1-4-6-7-8-9-10-11-13-16-17-14(18-13)12(5-2)15-3/h12,15H,4-11H2,1-3H3. The van der Waals surface area contributed by atoms with Gasteiger partial charge in [-0.25, -0.2) is 0 Å². The van der Waals surface area contributed by atoms with Crippen LogP contribution in [0.3, 0.4) is 0 Å². The zero-order chi connectivity index (χ0) is 13.2. The zero-order valence-corrected chi connectivity index (χ0v) is 12.0. The zero-order valence-electron chi connectivity index (χ0n) is 12.0. The van der Waals surface area contributed by atoms with E-state index in [4.69, 9.17) is 4.42 Å². The minimum absolute atomic E-state index is 0.191. The number of rotatable bonds is 10. The first kappa shape index (κ1) is 15.2. The fraction of sp³-hybridized carbons (Fsp3) is 0.857. The number of unbranched alkanes of at least 4 members (excludes halogenated alkanes) is 5. The Morgan fingerprint density at radius 1 is 1.06 bits per heavy atom. The fourth-order valence-electron chi connectivity index (χ4n) is 2.07. The second kappa shape index (κ2) is 9.09. The van der Waals surface area contributed by atoms with Crippen LogP contribution in [-0.4, -0.2) is 17.2 Å². The van der Waals surface area contributed by atoms with Crippen LogP contribution in [0.5, 0.6) is 0 Å². The van der Waals surface area contributed by atoms with Crippen molar-refractivity contribution in [1.29, 1.82) is 0 Å². The molecule has 0 aliphatic heterocycles. The highest BCUT2D eigenvalue weighted by atomic mass is 16.4. The Hall–Kier alpha value is -0.900. The van der Waals surface area contributed by atoms with Crippen molar-refractivity contribution in [2.75, 3.05) is 7.05 Å². The summed E-state index contributed by atoms with van der Waals surface area (Å²) >= 11 is 0. The maximum atomic E-state index is 5.67. The van der Waals surface area contributed by atoms with Crippen LogP contribution in [0.1, 0.15) is 76.6 Å². The maximum absolute atomic E-state index is 5.67. The first-order valence-electron chi connectivity index (χ1n) is 7.31. The SMILES string of the molecule is CCCCCCCCc1nnc(C(CC)NC)o1. The summed E-state index contributed by atoms with van der Waals surface area (Å²) in [7, 11) is 1.92. The Morgan fingerprint density at radius 3 is 2.44 bits per heavy atom. The highest BCUT2D eigenvalue weighted by Gasteiger charge is 2.14. The predicted octanol–water partition coefficient (Wildman–Crippen LogP) is 3.64. The molecule has 1 heterocycles. The summed E-state index contributed by atoms with van der Waals surface area (Å²) in [5.74, 6) is 1.51. The largest absolute Gasteiger partial charge is 0.424 e. The summed E-state index contributed by atoms with van der Waals surface area (Å²) in [5, 5.41) is 11.4. The molecular weight excluding hydrogens is 226 g/mol. The third-order valence-electron chi connectivity index (χ3n) is 3.28. The van der Waals surface area contributed by atoms with Gasteiger partial charge in [0.1, 0.15) is 0 Å². The topological polar surface area (TPSA) is 51.0 Å². The van der Waals surface area contributed by atoms with Gasteiger partial charge in [-0.2, -0.15) is 0 Å². The minimum Gasteiger partial charge on any atom is -0.424 e. The normalized spacial score (nSPS) is 12.8. The van der Waals surface area contributed by atoms with Gasteiger partial charge >= 0.3 is 0 Å². The molecular formula is C14H27N3O. The van der Waals surface area contributed by atoms with E-state index in [9.17, 15) is 0 Å². The molecule has 18 heavy (non-hydrogen) atoms. The average Bonchev–Trinajstić information content (AvgIpc) is 2.84. The van der Waals surface area contributed by atoms with Gasteiger partial charge in [0.05, 0.1) is 6.04 Å². The van der Waals surface area contributed by atoms with Crippen LogP contribution in [0.25, 0.3) is 0 Å². The predicted molar refractivity (Wildman–Crippen MR) is 73.5 cm³/mol. The first-order chi connectivity index (χ1) is 8.81. The van der Waals surface area contributed by atoms with Gasteiger partial charge < -0.3 is 9.73 Å². The van der Waals surface area contributed by atoms with Gasteiger partial charge in [-0.15, -0.1) is 10.2 Å². The van der Waals surface area contributed by atoms with Crippen molar-refractivity contribution in [1.82, 2.24) is 15.5 Å². The molecule has 0 aromatic carbocycles. The van der Waals surface area contributed by atoms with Crippen molar-refractivity contribution in [3.05, 3.63) is 11.8 Å². The lowest BCUT2D eigenvalue weighted by Gasteiger charge is -2.07.